The molecule has 0 aliphatic carbocycles. The van der Waals surface area contributed by atoms with Crippen molar-refractivity contribution in [3.63, 3.8) is 0 Å². The summed E-state index contributed by atoms with van der Waals surface area (Å²) in [4.78, 5) is 60.0. The summed E-state index contributed by atoms with van der Waals surface area (Å²) < 4.78 is 9.39. The van der Waals surface area contributed by atoms with Gasteiger partial charge >= 0.3 is 114 Å². The van der Waals surface area contributed by atoms with E-state index < -0.39 is 61.0 Å². The number of hydrogen-bond acceptors (Lipinski definition) is 8. The van der Waals surface area contributed by atoms with E-state index in [-0.39, 0.29) is 42.1 Å². The second-order valence-electron chi connectivity index (χ2n) is 6.76. The Morgan fingerprint density at radius 1 is 0.447 bits per heavy atom. The Hall–Kier alpha value is -3.18. The molecule has 0 fully saturated rings. The van der Waals surface area contributed by atoms with E-state index in [1.54, 1.807) is 0 Å². The molecule has 0 aliphatic heterocycles. The maximum Gasteiger partial charge on any atom is 0 e. The molecule has 0 atom stereocenters. The van der Waals surface area contributed by atoms with Crippen LogP contribution in [0.1, 0.15) is 41.5 Å². The van der Waals surface area contributed by atoms with Crippen LogP contribution in [0.25, 0.3) is 0 Å². The zero-order valence-electron chi connectivity index (χ0n) is 22.2. The molecule has 12 nitrogen and oxygen atoms in total. The molecule has 0 aromatic heterocycles. The van der Waals surface area contributed by atoms with Crippen LogP contribution in [0.5, 0.6) is 0 Å². The predicted octanol–water partition coefficient (Wildman–Crippen LogP) is 3.35. The van der Waals surface area contributed by atoms with E-state index >= 15 is 0 Å². The van der Waals surface area contributed by atoms with Gasteiger partial charge in [0, 0.05) is 42.1 Å². The van der Waals surface area contributed by atoms with Gasteiger partial charge in [-0.1, -0.05) is 26.3 Å². The van der Waals surface area contributed by atoms with Crippen LogP contribution in [-0.4, -0.2) is 81.4 Å². The summed E-state index contributed by atoms with van der Waals surface area (Å²) in [6.45, 7) is 28.2. The van der Waals surface area contributed by atoms with Crippen molar-refractivity contribution in [2.24, 2.45) is 0 Å². The van der Waals surface area contributed by atoms with Gasteiger partial charge in [-0.15, -0.1) is 0 Å². The molecule has 2 radical (unpaired) electrons. The van der Waals surface area contributed by atoms with Gasteiger partial charge in [0.15, 0.2) is 0 Å². The average Bonchev–Trinajstić information content (AvgIpc) is 2.74. The molecule has 0 saturated carbocycles. The summed E-state index contributed by atoms with van der Waals surface area (Å²) in [7, 11) is 0. The standard InChI is InChI=1S/6C4H6O2.Os.Pb/c6*1-3(2)4(5)6;;/h6*1H2,2H3,(H,5,6);;/q;;;;;;;+2/p-2. The van der Waals surface area contributed by atoms with E-state index in [0.717, 1.165) is 0 Å². The normalized spacial score (nSPS) is 7.74. The Balaban J connectivity index is -0.0000000884. The quantitative estimate of drug-likeness (QED) is 0.205. The second-order valence-corrected chi connectivity index (χ2v) is 9.00. The Bertz CT molecular complexity index is 763. The third kappa shape index (κ3) is 46.2. The first-order valence-electron chi connectivity index (χ1n) is 9.56. The average molecular weight is 912 g/mol. The summed E-state index contributed by atoms with van der Waals surface area (Å²) in [6, 6.07) is 0. The van der Waals surface area contributed by atoms with Gasteiger partial charge in [-0.3, -0.25) is 0 Å². The van der Waals surface area contributed by atoms with Crippen LogP contribution in [0.2, 0.25) is 0 Å². The number of rotatable bonds is 8. The summed E-state index contributed by atoms with van der Waals surface area (Å²) in [6.07, 6.45) is 0. The molecule has 0 amide bonds. The van der Waals surface area contributed by atoms with Gasteiger partial charge in [-0.2, -0.15) is 0 Å². The molecule has 214 valence electrons. The van der Waals surface area contributed by atoms with E-state index in [4.69, 9.17) is 25.8 Å². The van der Waals surface area contributed by atoms with E-state index in [0.29, 0.717) is 11.1 Å². The first-order valence-corrected chi connectivity index (χ1v) is 12.7. The fourth-order valence-corrected chi connectivity index (χ4v) is 2.38. The van der Waals surface area contributed by atoms with Crippen molar-refractivity contribution in [2.75, 3.05) is 0 Å². The monoisotopic (exact) mass is 914 g/mol. The van der Waals surface area contributed by atoms with Crippen molar-refractivity contribution < 1.29 is 74.4 Å². The van der Waals surface area contributed by atoms with Gasteiger partial charge in [-0.25, -0.2) is 19.2 Å². The zero-order valence-corrected chi connectivity index (χ0v) is 28.6. The first kappa shape index (κ1) is 47.9. The molecule has 0 aliphatic rings. The minimum atomic E-state index is -2.06. The third-order valence-corrected chi connectivity index (χ3v) is 4.52. The molecule has 0 aromatic rings. The molecule has 0 bridgehead atoms. The fourth-order valence-electron chi connectivity index (χ4n) is 0.271. The summed E-state index contributed by atoms with van der Waals surface area (Å²) in [5.74, 6) is -4.74. The molecule has 0 spiro atoms. The van der Waals surface area contributed by atoms with Crippen LogP contribution in [0, 0.1) is 0 Å². The largest absolute Gasteiger partial charge is 0 e. The van der Waals surface area contributed by atoms with Gasteiger partial charge in [0.05, 0.1) is 0 Å². The minimum Gasteiger partial charge on any atom is 0 e. The van der Waals surface area contributed by atoms with Gasteiger partial charge in [-0.05, 0) is 27.7 Å². The van der Waals surface area contributed by atoms with Gasteiger partial charge < -0.3 is 20.4 Å². The van der Waals surface area contributed by atoms with E-state index in [9.17, 15) is 28.8 Å². The van der Waals surface area contributed by atoms with Crippen LogP contribution < -0.4 is 0 Å². The van der Waals surface area contributed by atoms with Crippen molar-refractivity contribution in [2.45, 2.75) is 41.5 Å². The van der Waals surface area contributed by atoms with Gasteiger partial charge in [0.1, 0.15) is 0 Å². The van der Waals surface area contributed by atoms with Crippen LogP contribution in [-0.2, 0) is 53.9 Å². The SMILES string of the molecule is C=C(C)C(=O)O.C=C(C)C(=O)O.C=C(C)C(=O)O.C=C(C)C(=O)O.C=C(C)C(=O)[O][Pb][O]C(=O)C(=C)C.[Os]. The minimum absolute atomic E-state index is 0. The summed E-state index contributed by atoms with van der Waals surface area (Å²) in [5, 5.41) is 31.6. The van der Waals surface area contributed by atoms with E-state index in [1.165, 1.54) is 41.5 Å². The zero-order chi connectivity index (χ0) is 31.0. The van der Waals surface area contributed by atoms with Crippen LogP contribution >= 0.6 is 0 Å². The Morgan fingerprint density at radius 2 is 0.579 bits per heavy atom. The number of carboxylic acid groups (broad SMARTS) is 4. The van der Waals surface area contributed by atoms with Crippen molar-refractivity contribution in [1.82, 2.24) is 0 Å². The number of carbonyl (C=O) groups is 6. The fraction of sp³-hybridized carbons (Fsp3) is 0.250. The first-order chi connectivity index (χ1) is 16.5. The molecule has 0 aromatic carbocycles. The summed E-state index contributed by atoms with van der Waals surface area (Å²) in [5.41, 5.74) is 1.31. The molecule has 4 N–H and O–H groups in total. The molecule has 38 heavy (non-hydrogen) atoms. The van der Waals surface area contributed by atoms with Crippen LogP contribution in [0.3, 0.4) is 0 Å². The third-order valence-electron chi connectivity index (χ3n) is 2.43. The number of carbonyl (C=O) groups excluding carboxylic acids is 2. The van der Waals surface area contributed by atoms with E-state index in [1.807, 2.05) is 0 Å². The smallest absolute Gasteiger partial charge is 0 e. The molecular formula is C24H34O12OsPb. The number of hydrogen-bond donors (Lipinski definition) is 4. The molecule has 0 unspecified atom stereocenters. The van der Waals surface area contributed by atoms with Crippen LogP contribution in [0.4, 0.5) is 0 Å². The van der Waals surface area contributed by atoms with Crippen molar-refractivity contribution >= 4 is 61.0 Å². The number of carboxylic acids is 4. The maximum absolute atomic E-state index is 10.8. The Labute approximate surface area is 248 Å². The van der Waals surface area contributed by atoms with E-state index in [2.05, 4.69) is 39.5 Å². The molecule has 0 heterocycles. The maximum atomic E-state index is 10.8. The molecule has 0 saturated heterocycles. The van der Waals surface area contributed by atoms with Crippen LogP contribution in [0.15, 0.2) is 72.9 Å². The van der Waals surface area contributed by atoms with Gasteiger partial charge in [0.2, 0.25) is 0 Å². The summed E-state index contributed by atoms with van der Waals surface area (Å²) >= 11 is -2.06. The van der Waals surface area contributed by atoms with Crippen molar-refractivity contribution in [3.8, 4) is 0 Å². The molecular weight excluding hydrogens is 878 g/mol. The molecule has 14 heteroatoms. The van der Waals surface area contributed by atoms with Gasteiger partial charge in [0.25, 0.3) is 0 Å². The van der Waals surface area contributed by atoms with Crippen molar-refractivity contribution in [3.05, 3.63) is 72.9 Å². The Morgan fingerprint density at radius 3 is 0.658 bits per heavy atom. The predicted molar refractivity (Wildman–Crippen MR) is 137 cm³/mol. The second kappa shape index (κ2) is 28.4. The number of aliphatic carboxylic acids is 4. The Kier molecular flexibility index (Phi) is 35.8. The topological polar surface area (TPSA) is 202 Å². The van der Waals surface area contributed by atoms with Crippen molar-refractivity contribution in [1.29, 1.82) is 0 Å². The molecule has 0 rings (SSSR count).